The lowest BCUT2D eigenvalue weighted by atomic mass is 9.95. The maximum Gasteiger partial charge on any atom is 0.243 e. The molecule has 0 unspecified atom stereocenters. The van der Waals surface area contributed by atoms with E-state index in [1.54, 1.807) is 20.8 Å². The number of carbonyl (C=O) groups is 4. The molecule has 0 heterocycles. The van der Waals surface area contributed by atoms with E-state index < -0.39 is 36.0 Å². The van der Waals surface area contributed by atoms with Gasteiger partial charge in [0.25, 0.3) is 0 Å². The molecule has 0 rings (SSSR count). The van der Waals surface area contributed by atoms with Crippen molar-refractivity contribution in [3.63, 3.8) is 0 Å². The molecule has 0 aromatic rings. The standard InChI is InChI=1S/C25H48N4O5/c1-14(2)10-11-26-24(33)18(9)27-21(31)13-20(30)19(12-15(3)4)28-25(34)22(16(5)6)29-23(32)17(7)8/h14-20,22,30H,10-13H2,1-9H3,(H,26,33)(H,27,31)(H,28,34)(H,29,32)/t18-,19-,20-,22-/m0/s1. The van der Waals surface area contributed by atoms with Crippen molar-refractivity contribution in [2.24, 2.45) is 23.7 Å². The van der Waals surface area contributed by atoms with Crippen LogP contribution in [0.4, 0.5) is 0 Å². The molecule has 0 fully saturated rings. The van der Waals surface area contributed by atoms with Gasteiger partial charge in [0.1, 0.15) is 12.1 Å². The summed E-state index contributed by atoms with van der Waals surface area (Å²) in [5.74, 6) is -1.19. The minimum absolute atomic E-state index is 0.149. The molecule has 198 valence electrons. The Morgan fingerprint density at radius 1 is 0.735 bits per heavy atom. The first-order valence-electron chi connectivity index (χ1n) is 12.5. The first-order chi connectivity index (χ1) is 15.6. The van der Waals surface area contributed by atoms with E-state index in [1.165, 1.54) is 0 Å². The smallest absolute Gasteiger partial charge is 0.243 e. The van der Waals surface area contributed by atoms with Crippen LogP contribution in [0.2, 0.25) is 0 Å². The van der Waals surface area contributed by atoms with E-state index in [-0.39, 0.29) is 36.0 Å². The Labute approximate surface area is 205 Å². The summed E-state index contributed by atoms with van der Waals surface area (Å²) in [5.41, 5.74) is 0. The third-order valence-electron chi connectivity index (χ3n) is 5.47. The number of carbonyl (C=O) groups excluding carboxylic acids is 4. The maximum atomic E-state index is 12.9. The Kier molecular flexibility index (Phi) is 14.7. The van der Waals surface area contributed by atoms with Gasteiger partial charge in [-0.15, -0.1) is 0 Å². The molecule has 0 bridgehead atoms. The number of hydrogen-bond acceptors (Lipinski definition) is 5. The average Bonchev–Trinajstić information content (AvgIpc) is 2.69. The molecule has 0 aliphatic heterocycles. The van der Waals surface area contributed by atoms with Crippen molar-refractivity contribution >= 4 is 23.6 Å². The first-order valence-corrected chi connectivity index (χ1v) is 12.5. The number of amides is 4. The number of aliphatic hydroxyl groups is 1. The molecule has 0 aromatic carbocycles. The highest BCUT2D eigenvalue weighted by atomic mass is 16.3. The van der Waals surface area contributed by atoms with Gasteiger partial charge in [0.2, 0.25) is 23.6 Å². The Morgan fingerprint density at radius 3 is 1.79 bits per heavy atom. The van der Waals surface area contributed by atoms with E-state index in [0.717, 1.165) is 6.42 Å². The zero-order valence-electron chi connectivity index (χ0n) is 22.5. The second kappa shape index (κ2) is 15.7. The van der Waals surface area contributed by atoms with Crippen molar-refractivity contribution in [3.8, 4) is 0 Å². The van der Waals surface area contributed by atoms with Crippen molar-refractivity contribution in [1.29, 1.82) is 0 Å². The summed E-state index contributed by atoms with van der Waals surface area (Å²) in [6.07, 6.45) is -0.104. The molecule has 4 amide bonds. The largest absolute Gasteiger partial charge is 0.390 e. The van der Waals surface area contributed by atoms with Gasteiger partial charge in [-0.25, -0.2) is 0 Å². The molecule has 0 aliphatic rings. The third-order valence-corrected chi connectivity index (χ3v) is 5.47. The molecule has 9 heteroatoms. The van der Waals surface area contributed by atoms with Crippen LogP contribution in [0.1, 0.15) is 81.6 Å². The van der Waals surface area contributed by atoms with Crippen LogP contribution in [-0.2, 0) is 19.2 Å². The van der Waals surface area contributed by atoms with Gasteiger partial charge >= 0.3 is 0 Å². The van der Waals surface area contributed by atoms with Crippen LogP contribution in [0, 0.1) is 23.7 Å². The molecule has 0 saturated heterocycles. The summed E-state index contributed by atoms with van der Waals surface area (Å²) in [7, 11) is 0. The second-order valence-corrected chi connectivity index (χ2v) is 10.7. The topological polar surface area (TPSA) is 137 Å². The van der Waals surface area contributed by atoms with E-state index in [4.69, 9.17) is 0 Å². The van der Waals surface area contributed by atoms with Gasteiger partial charge in [0.05, 0.1) is 18.6 Å². The Hall–Kier alpha value is -2.16. The van der Waals surface area contributed by atoms with Gasteiger partial charge in [0.15, 0.2) is 0 Å². The van der Waals surface area contributed by atoms with Crippen LogP contribution >= 0.6 is 0 Å². The van der Waals surface area contributed by atoms with Gasteiger partial charge in [-0.2, -0.15) is 0 Å². The fourth-order valence-electron chi connectivity index (χ4n) is 3.28. The fraction of sp³-hybridized carbons (Fsp3) is 0.840. The van der Waals surface area contributed by atoms with Crippen LogP contribution in [0.5, 0.6) is 0 Å². The van der Waals surface area contributed by atoms with Gasteiger partial charge in [-0.3, -0.25) is 19.2 Å². The molecule has 0 spiro atoms. The zero-order chi connectivity index (χ0) is 26.6. The van der Waals surface area contributed by atoms with Crippen LogP contribution in [0.25, 0.3) is 0 Å². The molecule has 5 N–H and O–H groups in total. The van der Waals surface area contributed by atoms with Gasteiger partial charge in [0, 0.05) is 12.5 Å². The van der Waals surface area contributed by atoms with E-state index in [0.29, 0.717) is 18.9 Å². The van der Waals surface area contributed by atoms with Gasteiger partial charge in [-0.1, -0.05) is 55.4 Å². The molecule has 0 aliphatic carbocycles. The molecule has 0 aromatic heterocycles. The van der Waals surface area contributed by atoms with Crippen molar-refractivity contribution < 1.29 is 24.3 Å². The van der Waals surface area contributed by atoms with Crippen molar-refractivity contribution in [1.82, 2.24) is 21.3 Å². The molecule has 0 radical (unpaired) electrons. The van der Waals surface area contributed by atoms with E-state index in [9.17, 15) is 24.3 Å². The quantitative estimate of drug-likeness (QED) is 0.241. The molecule has 0 saturated carbocycles. The van der Waals surface area contributed by atoms with Gasteiger partial charge in [-0.05, 0) is 37.5 Å². The van der Waals surface area contributed by atoms with Crippen LogP contribution < -0.4 is 21.3 Å². The van der Waals surface area contributed by atoms with Crippen LogP contribution in [0.15, 0.2) is 0 Å². The zero-order valence-corrected chi connectivity index (χ0v) is 22.5. The Balaban J connectivity index is 5.08. The summed E-state index contributed by atoms with van der Waals surface area (Å²) in [6, 6.07) is -2.16. The van der Waals surface area contributed by atoms with Crippen molar-refractivity contribution in [2.45, 2.75) is 106 Å². The van der Waals surface area contributed by atoms with Crippen LogP contribution in [0.3, 0.4) is 0 Å². The highest BCUT2D eigenvalue weighted by molar-refractivity contribution is 5.89. The van der Waals surface area contributed by atoms with E-state index >= 15 is 0 Å². The Morgan fingerprint density at radius 2 is 1.32 bits per heavy atom. The lowest BCUT2D eigenvalue weighted by molar-refractivity contribution is -0.133. The summed E-state index contributed by atoms with van der Waals surface area (Å²) < 4.78 is 0. The number of rotatable bonds is 15. The number of nitrogens with one attached hydrogen (secondary N) is 4. The highest BCUT2D eigenvalue weighted by Gasteiger charge is 2.31. The summed E-state index contributed by atoms with van der Waals surface area (Å²) in [4.78, 5) is 49.7. The van der Waals surface area contributed by atoms with Crippen LogP contribution in [-0.4, -0.2) is 59.5 Å². The predicted molar refractivity (Wildman–Crippen MR) is 134 cm³/mol. The SMILES string of the molecule is CC(C)CCNC(=O)[C@H](C)NC(=O)C[C@H](O)[C@H](CC(C)C)NC(=O)[C@@H](NC(=O)C(C)C)C(C)C. The van der Waals surface area contributed by atoms with E-state index in [2.05, 4.69) is 35.1 Å². The Bertz CT molecular complexity index is 664. The van der Waals surface area contributed by atoms with Crippen molar-refractivity contribution in [3.05, 3.63) is 0 Å². The lowest BCUT2D eigenvalue weighted by Crippen LogP contribution is -2.55. The molecule has 9 nitrogen and oxygen atoms in total. The minimum Gasteiger partial charge on any atom is -0.390 e. The fourth-order valence-corrected chi connectivity index (χ4v) is 3.28. The molecular formula is C25H48N4O5. The molecular weight excluding hydrogens is 436 g/mol. The summed E-state index contributed by atoms with van der Waals surface area (Å²) in [5, 5.41) is 21.7. The molecule has 34 heavy (non-hydrogen) atoms. The summed E-state index contributed by atoms with van der Waals surface area (Å²) >= 11 is 0. The summed E-state index contributed by atoms with van der Waals surface area (Å²) in [6.45, 7) is 17.3. The minimum atomic E-state index is -1.14. The predicted octanol–water partition coefficient (Wildman–Crippen LogP) is 1.73. The lowest BCUT2D eigenvalue weighted by Gasteiger charge is -2.29. The van der Waals surface area contributed by atoms with E-state index in [1.807, 2.05) is 27.7 Å². The third kappa shape index (κ3) is 12.9. The first kappa shape index (κ1) is 31.8. The molecule has 4 atom stereocenters. The maximum absolute atomic E-state index is 12.9. The second-order valence-electron chi connectivity index (χ2n) is 10.7. The normalized spacial score (nSPS) is 15.1. The van der Waals surface area contributed by atoms with Crippen molar-refractivity contribution in [2.75, 3.05) is 6.54 Å². The highest BCUT2D eigenvalue weighted by Crippen LogP contribution is 2.13. The monoisotopic (exact) mass is 484 g/mol. The average molecular weight is 485 g/mol. The number of aliphatic hydroxyl groups excluding tert-OH is 1. The van der Waals surface area contributed by atoms with Gasteiger partial charge < -0.3 is 26.4 Å². The number of hydrogen-bond donors (Lipinski definition) is 5.